The van der Waals surface area contributed by atoms with Crippen molar-refractivity contribution in [3.8, 4) is 11.1 Å². The molecule has 126 valence electrons. The van der Waals surface area contributed by atoms with Crippen molar-refractivity contribution >= 4 is 49.9 Å². The summed E-state index contributed by atoms with van der Waals surface area (Å²) in [7, 11) is 0. The molecule has 0 saturated carbocycles. The highest BCUT2D eigenvalue weighted by molar-refractivity contribution is 8.93. The second kappa shape index (κ2) is 6.77. The molecule has 4 N–H and O–H groups in total. The monoisotopic (exact) mass is 392 g/mol. The molecule has 0 unspecified atom stereocenters. The van der Waals surface area contributed by atoms with E-state index in [4.69, 9.17) is 11.5 Å². The minimum Gasteiger partial charge on any atom is -0.399 e. The van der Waals surface area contributed by atoms with Crippen LogP contribution in [0.3, 0.4) is 0 Å². The minimum atomic E-state index is 0. The van der Waals surface area contributed by atoms with Gasteiger partial charge < -0.3 is 11.5 Å². The zero-order valence-electron chi connectivity index (χ0n) is 14.1. The first-order chi connectivity index (χ1) is 11.7. The lowest BCUT2D eigenvalue weighted by molar-refractivity contribution is 1.17. The van der Waals surface area contributed by atoms with E-state index in [-0.39, 0.29) is 17.0 Å². The molecule has 0 heterocycles. The summed E-state index contributed by atoms with van der Waals surface area (Å²) in [5, 5.41) is 4.88. The van der Waals surface area contributed by atoms with Crippen molar-refractivity contribution in [2.75, 3.05) is 11.5 Å². The Morgan fingerprint density at radius 3 is 1.84 bits per heavy atom. The topological polar surface area (TPSA) is 52.0 Å². The summed E-state index contributed by atoms with van der Waals surface area (Å²) in [6, 6.07) is 22.9. The lowest BCUT2D eigenvalue weighted by Crippen LogP contribution is -1.96. The van der Waals surface area contributed by atoms with Gasteiger partial charge in [-0.2, -0.15) is 0 Å². The molecule has 0 aliphatic rings. The van der Waals surface area contributed by atoms with E-state index in [1.165, 1.54) is 38.2 Å². The Morgan fingerprint density at radius 2 is 1.24 bits per heavy atom. The Kier molecular flexibility index (Phi) is 4.69. The van der Waals surface area contributed by atoms with Crippen LogP contribution in [0, 0.1) is 0 Å². The summed E-state index contributed by atoms with van der Waals surface area (Å²) in [6.07, 6.45) is 0.939. The van der Waals surface area contributed by atoms with E-state index in [0.29, 0.717) is 0 Å². The van der Waals surface area contributed by atoms with Crippen molar-refractivity contribution in [2.45, 2.75) is 13.3 Å². The largest absolute Gasteiger partial charge is 0.399 e. The fourth-order valence-electron chi connectivity index (χ4n) is 3.65. The van der Waals surface area contributed by atoms with Crippen LogP contribution in [0.4, 0.5) is 11.4 Å². The zero-order valence-corrected chi connectivity index (χ0v) is 15.8. The summed E-state index contributed by atoms with van der Waals surface area (Å²) in [5.41, 5.74) is 17.6. The van der Waals surface area contributed by atoms with Gasteiger partial charge in [0.25, 0.3) is 0 Å². The van der Waals surface area contributed by atoms with Gasteiger partial charge in [0.1, 0.15) is 0 Å². The van der Waals surface area contributed by atoms with Gasteiger partial charge in [-0.3, -0.25) is 0 Å². The van der Waals surface area contributed by atoms with Crippen molar-refractivity contribution in [3.05, 3.63) is 72.3 Å². The first kappa shape index (κ1) is 17.3. The smallest absolute Gasteiger partial charge is 0.0320 e. The van der Waals surface area contributed by atoms with Crippen LogP contribution in [-0.4, -0.2) is 0 Å². The van der Waals surface area contributed by atoms with Crippen LogP contribution < -0.4 is 11.5 Å². The molecular formula is C22H21BrN2. The summed E-state index contributed by atoms with van der Waals surface area (Å²) in [6.45, 7) is 2.20. The number of hydrogen-bond acceptors (Lipinski definition) is 2. The van der Waals surface area contributed by atoms with Crippen LogP contribution in [-0.2, 0) is 6.42 Å². The van der Waals surface area contributed by atoms with E-state index in [1.54, 1.807) is 0 Å². The number of benzene rings is 4. The molecule has 25 heavy (non-hydrogen) atoms. The summed E-state index contributed by atoms with van der Waals surface area (Å²) < 4.78 is 0. The molecule has 0 atom stereocenters. The standard InChI is InChI=1S/C22H20N2.BrH/c1-2-17-20-12-15(23)8-10-18(20)19-11-9-16(24)13-21(19)22(17)14-6-4-3-5-7-14;/h3-13H,2,23-24H2,1H3;1H. The van der Waals surface area contributed by atoms with Crippen molar-refractivity contribution in [1.29, 1.82) is 0 Å². The average Bonchev–Trinajstić information content (AvgIpc) is 2.61. The highest BCUT2D eigenvalue weighted by Gasteiger charge is 2.15. The SMILES string of the molecule is Br.CCc1c(-c2ccccc2)c2cc(N)ccc2c2ccc(N)cc12. The molecule has 0 amide bonds. The zero-order chi connectivity index (χ0) is 16.7. The normalized spacial score (nSPS) is 10.8. The van der Waals surface area contributed by atoms with Gasteiger partial charge in [0, 0.05) is 11.4 Å². The van der Waals surface area contributed by atoms with E-state index in [9.17, 15) is 0 Å². The summed E-state index contributed by atoms with van der Waals surface area (Å²) in [4.78, 5) is 0. The number of halogens is 1. The van der Waals surface area contributed by atoms with Crippen molar-refractivity contribution in [2.24, 2.45) is 0 Å². The average molecular weight is 393 g/mol. The molecule has 0 bridgehead atoms. The van der Waals surface area contributed by atoms with Gasteiger partial charge >= 0.3 is 0 Å². The Hall–Kier alpha value is -2.52. The van der Waals surface area contributed by atoms with E-state index in [1.807, 2.05) is 18.2 Å². The lowest BCUT2D eigenvalue weighted by atomic mass is 9.86. The van der Waals surface area contributed by atoms with E-state index in [2.05, 4.69) is 55.5 Å². The predicted octanol–water partition coefficient (Wildman–Crippen LogP) is 5.96. The molecule has 0 radical (unpaired) electrons. The van der Waals surface area contributed by atoms with Crippen LogP contribution in [0.15, 0.2) is 66.7 Å². The Bertz CT molecular complexity index is 1060. The Morgan fingerprint density at radius 1 is 0.680 bits per heavy atom. The second-order valence-corrected chi connectivity index (χ2v) is 6.18. The van der Waals surface area contributed by atoms with E-state index in [0.717, 1.165) is 17.8 Å². The van der Waals surface area contributed by atoms with E-state index >= 15 is 0 Å². The molecule has 0 saturated heterocycles. The van der Waals surface area contributed by atoms with Crippen LogP contribution >= 0.6 is 17.0 Å². The van der Waals surface area contributed by atoms with E-state index < -0.39 is 0 Å². The van der Waals surface area contributed by atoms with Gasteiger partial charge in [0.15, 0.2) is 0 Å². The number of aryl methyl sites for hydroxylation is 1. The molecule has 0 aromatic heterocycles. The van der Waals surface area contributed by atoms with Crippen LogP contribution in [0.5, 0.6) is 0 Å². The van der Waals surface area contributed by atoms with Crippen molar-refractivity contribution < 1.29 is 0 Å². The number of hydrogen-bond donors (Lipinski definition) is 2. The van der Waals surface area contributed by atoms with Gasteiger partial charge in [-0.15, -0.1) is 17.0 Å². The summed E-state index contributed by atoms with van der Waals surface area (Å²) in [5.74, 6) is 0. The van der Waals surface area contributed by atoms with Gasteiger partial charge in [-0.25, -0.2) is 0 Å². The van der Waals surface area contributed by atoms with Crippen LogP contribution in [0.25, 0.3) is 32.7 Å². The molecule has 4 aromatic carbocycles. The maximum atomic E-state index is 6.11. The number of rotatable bonds is 2. The van der Waals surface area contributed by atoms with Crippen LogP contribution in [0.1, 0.15) is 12.5 Å². The summed E-state index contributed by atoms with van der Waals surface area (Å²) >= 11 is 0. The molecule has 0 spiro atoms. The highest BCUT2D eigenvalue weighted by atomic mass is 79.9. The molecule has 3 heteroatoms. The maximum Gasteiger partial charge on any atom is 0.0320 e. The Labute approximate surface area is 158 Å². The predicted molar refractivity (Wildman–Crippen MR) is 115 cm³/mol. The molecular weight excluding hydrogens is 372 g/mol. The fourth-order valence-corrected chi connectivity index (χ4v) is 3.65. The van der Waals surface area contributed by atoms with Crippen LogP contribution in [0.2, 0.25) is 0 Å². The third-order valence-corrected chi connectivity index (χ3v) is 4.69. The number of nitrogen functional groups attached to an aromatic ring is 2. The molecule has 0 aliphatic heterocycles. The molecule has 2 nitrogen and oxygen atoms in total. The van der Waals surface area contributed by atoms with Gasteiger partial charge in [0.2, 0.25) is 0 Å². The minimum absolute atomic E-state index is 0. The van der Waals surface area contributed by atoms with Crippen molar-refractivity contribution in [1.82, 2.24) is 0 Å². The fraction of sp³-hybridized carbons (Fsp3) is 0.0909. The van der Waals surface area contributed by atoms with Gasteiger partial charge in [-0.1, -0.05) is 49.4 Å². The molecule has 4 rings (SSSR count). The third kappa shape index (κ3) is 2.85. The maximum absolute atomic E-state index is 6.11. The quantitative estimate of drug-likeness (QED) is 0.326. The molecule has 0 fully saturated rings. The second-order valence-electron chi connectivity index (χ2n) is 6.18. The number of nitrogens with two attached hydrogens (primary N) is 2. The number of anilines is 2. The van der Waals surface area contributed by atoms with Crippen molar-refractivity contribution in [3.63, 3.8) is 0 Å². The number of fused-ring (bicyclic) bond motifs is 3. The lowest BCUT2D eigenvalue weighted by Gasteiger charge is -2.18. The third-order valence-electron chi connectivity index (χ3n) is 4.69. The highest BCUT2D eigenvalue weighted by Crippen LogP contribution is 2.40. The van der Waals surface area contributed by atoms with Gasteiger partial charge in [0.05, 0.1) is 0 Å². The Balaban J connectivity index is 0.00000182. The van der Waals surface area contributed by atoms with Gasteiger partial charge in [-0.05, 0) is 68.9 Å². The molecule has 0 aliphatic carbocycles. The first-order valence-electron chi connectivity index (χ1n) is 8.27. The first-order valence-corrected chi connectivity index (χ1v) is 8.27. The molecule has 4 aromatic rings.